The largest absolute Gasteiger partial charge is 0.371 e. The van der Waals surface area contributed by atoms with E-state index in [1.54, 1.807) is 7.05 Å². The Labute approximate surface area is 113 Å². The minimum absolute atomic E-state index is 0.305. The standard InChI is InChI=1S/C12H20N4O2S/c1-13-11-10(19(2,17)18)12-14-7-8-5-3-4-6-9(8)16(12)15-11/h8-9,14H,3-7H2,1-2H3,(H,13,15). The van der Waals surface area contributed by atoms with Gasteiger partial charge in [-0.2, -0.15) is 5.10 Å². The van der Waals surface area contributed by atoms with Crippen LogP contribution in [-0.2, 0) is 9.84 Å². The molecule has 2 atom stereocenters. The molecule has 1 saturated carbocycles. The van der Waals surface area contributed by atoms with Crippen LogP contribution in [0.25, 0.3) is 0 Å². The molecular weight excluding hydrogens is 264 g/mol. The zero-order chi connectivity index (χ0) is 13.6. The van der Waals surface area contributed by atoms with Gasteiger partial charge in [0, 0.05) is 19.8 Å². The molecule has 7 heteroatoms. The Morgan fingerprint density at radius 3 is 2.79 bits per heavy atom. The van der Waals surface area contributed by atoms with Crippen LogP contribution in [0.3, 0.4) is 0 Å². The zero-order valence-electron chi connectivity index (χ0n) is 11.3. The van der Waals surface area contributed by atoms with E-state index >= 15 is 0 Å². The van der Waals surface area contributed by atoms with Crippen LogP contribution in [0.2, 0.25) is 0 Å². The van der Waals surface area contributed by atoms with Crippen LogP contribution in [0.1, 0.15) is 31.7 Å². The molecular formula is C12H20N4O2S. The number of nitrogens with zero attached hydrogens (tertiary/aromatic N) is 2. The summed E-state index contributed by atoms with van der Waals surface area (Å²) < 4.78 is 25.8. The molecule has 0 spiro atoms. The van der Waals surface area contributed by atoms with Gasteiger partial charge in [-0.1, -0.05) is 12.8 Å². The Bertz CT molecular complexity index is 593. The van der Waals surface area contributed by atoms with Gasteiger partial charge in [-0.25, -0.2) is 13.1 Å². The highest BCUT2D eigenvalue weighted by molar-refractivity contribution is 7.91. The summed E-state index contributed by atoms with van der Waals surface area (Å²) in [7, 11) is -1.58. The lowest BCUT2D eigenvalue weighted by atomic mass is 9.83. The molecule has 0 bridgehead atoms. The van der Waals surface area contributed by atoms with Gasteiger partial charge < -0.3 is 10.6 Å². The summed E-state index contributed by atoms with van der Waals surface area (Å²) in [4.78, 5) is 0.305. The van der Waals surface area contributed by atoms with Crippen molar-refractivity contribution in [2.24, 2.45) is 5.92 Å². The number of hydrogen-bond acceptors (Lipinski definition) is 5. The van der Waals surface area contributed by atoms with Gasteiger partial charge in [0.05, 0.1) is 6.04 Å². The highest BCUT2D eigenvalue weighted by Gasteiger charge is 2.36. The van der Waals surface area contributed by atoms with E-state index in [4.69, 9.17) is 0 Å². The maximum atomic E-state index is 12.0. The molecule has 0 aromatic carbocycles. The second-order valence-corrected chi connectivity index (χ2v) is 7.44. The lowest BCUT2D eigenvalue weighted by molar-refractivity contribution is 0.222. The van der Waals surface area contributed by atoms with Crippen LogP contribution >= 0.6 is 0 Å². The Morgan fingerprint density at radius 1 is 1.37 bits per heavy atom. The summed E-state index contributed by atoms with van der Waals surface area (Å²) in [6.07, 6.45) is 5.98. The fourth-order valence-electron chi connectivity index (χ4n) is 3.31. The van der Waals surface area contributed by atoms with Crippen LogP contribution in [0, 0.1) is 5.92 Å². The average Bonchev–Trinajstić information content (AvgIpc) is 2.77. The monoisotopic (exact) mass is 284 g/mol. The summed E-state index contributed by atoms with van der Waals surface area (Å²) in [5.41, 5.74) is 0. The predicted octanol–water partition coefficient (Wildman–Crippen LogP) is 1.49. The number of sulfone groups is 1. The van der Waals surface area contributed by atoms with E-state index < -0.39 is 9.84 Å². The minimum Gasteiger partial charge on any atom is -0.371 e. The van der Waals surface area contributed by atoms with Crippen molar-refractivity contribution in [1.29, 1.82) is 0 Å². The van der Waals surface area contributed by atoms with Crippen molar-refractivity contribution in [2.75, 3.05) is 30.5 Å². The fraction of sp³-hybridized carbons (Fsp3) is 0.750. The highest BCUT2D eigenvalue weighted by atomic mass is 32.2. The maximum Gasteiger partial charge on any atom is 0.182 e. The minimum atomic E-state index is -3.29. The van der Waals surface area contributed by atoms with Gasteiger partial charge in [0.2, 0.25) is 0 Å². The first-order valence-electron chi connectivity index (χ1n) is 6.76. The summed E-state index contributed by atoms with van der Waals surface area (Å²) in [5, 5.41) is 10.7. The molecule has 6 nitrogen and oxygen atoms in total. The van der Waals surface area contributed by atoms with Crippen molar-refractivity contribution in [2.45, 2.75) is 36.6 Å². The van der Waals surface area contributed by atoms with Crippen molar-refractivity contribution < 1.29 is 8.42 Å². The lowest BCUT2D eigenvalue weighted by Crippen LogP contribution is -2.35. The molecule has 2 aliphatic rings. The van der Waals surface area contributed by atoms with Gasteiger partial charge in [-0.05, 0) is 18.8 Å². The van der Waals surface area contributed by atoms with E-state index in [9.17, 15) is 8.42 Å². The van der Waals surface area contributed by atoms with E-state index in [0.29, 0.717) is 28.5 Å². The number of aromatic nitrogens is 2. The molecule has 0 saturated heterocycles. The number of rotatable bonds is 2. The van der Waals surface area contributed by atoms with E-state index in [-0.39, 0.29) is 0 Å². The van der Waals surface area contributed by atoms with Crippen molar-refractivity contribution in [1.82, 2.24) is 9.78 Å². The molecule has 3 rings (SSSR count). The number of anilines is 2. The Hall–Kier alpha value is -1.24. The predicted molar refractivity (Wildman–Crippen MR) is 74.4 cm³/mol. The Balaban J connectivity index is 2.13. The van der Waals surface area contributed by atoms with Crippen molar-refractivity contribution in [3.05, 3.63) is 0 Å². The molecule has 19 heavy (non-hydrogen) atoms. The molecule has 1 aliphatic heterocycles. The molecule has 0 radical (unpaired) electrons. The fourth-order valence-corrected chi connectivity index (χ4v) is 4.32. The quantitative estimate of drug-likeness (QED) is 0.860. The van der Waals surface area contributed by atoms with Gasteiger partial charge in [0.1, 0.15) is 5.82 Å². The Morgan fingerprint density at radius 2 is 2.11 bits per heavy atom. The number of hydrogen-bond donors (Lipinski definition) is 2. The topological polar surface area (TPSA) is 76.0 Å². The first-order valence-corrected chi connectivity index (χ1v) is 8.65. The third-order valence-electron chi connectivity index (χ3n) is 4.19. The third kappa shape index (κ3) is 2.00. The van der Waals surface area contributed by atoms with Gasteiger partial charge in [-0.3, -0.25) is 0 Å². The molecule has 1 aromatic rings. The van der Waals surface area contributed by atoms with E-state index in [0.717, 1.165) is 13.0 Å². The molecule has 1 fully saturated rings. The normalized spacial score (nSPS) is 26.2. The maximum absolute atomic E-state index is 12.0. The third-order valence-corrected chi connectivity index (χ3v) is 5.32. The summed E-state index contributed by atoms with van der Waals surface area (Å²) in [6, 6.07) is 0.340. The molecule has 0 amide bonds. The average molecular weight is 284 g/mol. The van der Waals surface area contributed by atoms with Crippen molar-refractivity contribution >= 4 is 21.5 Å². The van der Waals surface area contributed by atoms with Crippen LogP contribution in [0.4, 0.5) is 11.6 Å². The number of fused-ring (bicyclic) bond motifs is 3. The smallest absolute Gasteiger partial charge is 0.182 e. The molecule has 1 aliphatic carbocycles. The second kappa shape index (κ2) is 4.40. The lowest BCUT2D eigenvalue weighted by Gasteiger charge is -2.37. The zero-order valence-corrected chi connectivity index (χ0v) is 12.1. The van der Waals surface area contributed by atoms with Crippen LogP contribution < -0.4 is 10.6 Å². The van der Waals surface area contributed by atoms with Crippen molar-refractivity contribution in [3.63, 3.8) is 0 Å². The molecule has 1 aromatic heterocycles. The number of nitrogens with one attached hydrogen (secondary N) is 2. The summed E-state index contributed by atoms with van der Waals surface area (Å²) in [5.74, 6) is 1.68. The Kier molecular flexibility index (Phi) is 2.96. The van der Waals surface area contributed by atoms with Crippen molar-refractivity contribution in [3.8, 4) is 0 Å². The van der Waals surface area contributed by atoms with Gasteiger partial charge >= 0.3 is 0 Å². The van der Waals surface area contributed by atoms with Gasteiger partial charge in [0.25, 0.3) is 0 Å². The summed E-state index contributed by atoms with van der Waals surface area (Å²) >= 11 is 0. The second-order valence-electron chi connectivity index (χ2n) is 5.49. The first-order chi connectivity index (χ1) is 9.02. The highest BCUT2D eigenvalue weighted by Crippen LogP contribution is 2.42. The molecule has 106 valence electrons. The molecule has 2 unspecified atom stereocenters. The van der Waals surface area contributed by atoms with Gasteiger partial charge in [0.15, 0.2) is 20.6 Å². The van der Waals surface area contributed by atoms with E-state index in [1.807, 2.05) is 4.68 Å². The first kappa shape index (κ1) is 12.8. The van der Waals surface area contributed by atoms with Crippen LogP contribution in [-0.4, -0.2) is 38.0 Å². The molecule has 2 N–H and O–H groups in total. The van der Waals surface area contributed by atoms with Gasteiger partial charge in [-0.15, -0.1) is 0 Å². The molecule has 2 heterocycles. The van der Waals surface area contributed by atoms with E-state index in [2.05, 4.69) is 15.7 Å². The van der Waals surface area contributed by atoms with E-state index in [1.165, 1.54) is 25.5 Å². The van der Waals surface area contributed by atoms with Crippen LogP contribution in [0.15, 0.2) is 4.90 Å². The van der Waals surface area contributed by atoms with Crippen LogP contribution in [0.5, 0.6) is 0 Å². The SMILES string of the molecule is CNc1nn2c(c1S(C)(=O)=O)NCC1CCCCC12. The summed E-state index contributed by atoms with van der Waals surface area (Å²) in [6.45, 7) is 0.849.